The molecular formula is C22H26N2O5S. The molecule has 1 N–H and O–H groups in total. The normalized spacial score (nSPS) is 18.4. The Labute approximate surface area is 177 Å². The van der Waals surface area contributed by atoms with Gasteiger partial charge in [-0.2, -0.15) is 4.31 Å². The highest BCUT2D eigenvalue weighted by Gasteiger charge is 2.27. The molecule has 0 saturated carbocycles. The van der Waals surface area contributed by atoms with Crippen LogP contribution in [0.15, 0.2) is 47.4 Å². The summed E-state index contributed by atoms with van der Waals surface area (Å²) >= 11 is 0. The van der Waals surface area contributed by atoms with Gasteiger partial charge in [0.1, 0.15) is 0 Å². The number of nitrogens with zero attached hydrogens (tertiary/aromatic N) is 1. The topological polar surface area (TPSA) is 84.9 Å². The summed E-state index contributed by atoms with van der Waals surface area (Å²) in [6.07, 6.45) is 3.58. The van der Waals surface area contributed by atoms with E-state index in [-0.39, 0.29) is 23.4 Å². The van der Waals surface area contributed by atoms with E-state index in [9.17, 15) is 13.2 Å². The lowest BCUT2D eigenvalue weighted by Crippen LogP contribution is -2.40. The predicted octanol–water partition coefficient (Wildman–Crippen LogP) is 2.66. The average molecular weight is 431 g/mol. The van der Waals surface area contributed by atoms with E-state index in [0.717, 1.165) is 35.6 Å². The zero-order valence-corrected chi connectivity index (χ0v) is 17.8. The van der Waals surface area contributed by atoms with Crippen LogP contribution in [-0.4, -0.2) is 45.4 Å². The Hall–Kier alpha value is -2.58. The van der Waals surface area contributed by atoms with E-state index in [0.29, 0.717) is 24.7 Å². The van der Waals surface area contributed by atoms with Crippen LogP contribution in [-0.2, 0) is 21.2 Å². The molecule has 1 aliphatic carbocycles. The molecule has 2 aromatic rings. The maximum Gasteiger partial charge on any atom is 0.243 e. The first kappa shape index (κ1) is 20.7. The summed E-state index contributed by atoms with van der Waals surface area (Å²) in [5.41, 5.74) is 2.35. The van der Waals surface area contributed by atoms with Gasteiger partial charge in [-0.05, 0) is 42.5 Å². The Balaban J connectivity index is 1.45. The molecule has 1 atom stereocenters. The Bertz CT molecular complexity index is 1040. The average Bonchev–Trinajstić information content (AvgIpc) is 2.98. The van der Waals surface area contributed by atoms with Crippen molar-refractivity contribution in [2.24, 2.45) is 0 Å². The summed E-state index contributed by atoms with van der Waals surface area (Å²) in [4.78, 5) is 12.7. The van der Waals surface area contributed by atoms with Crippen molar-refractivity contribution in [2.45, 2.75) is 36.6 Å². The molecule has 1 aliphatic heterocycles. The minimum absolute atomic E-state index is 0.0741. The number of fused-ring (bicyclic) bond motifs is 2. The Kier molecular flexibility index (Phi) is 5.97. The minimum atomic E-state index is -3.84. The fraction of sp³-hybridized carbons (Fsp3) is 0.409. The van der Waals surface area contributed by atoms with Crippen molar-refractivity contribution < 1.29 is 22.7 Å². The van der Waals surface area contributed by atoms with Crippen molar-refractivity contribution in [3.8, 4) is 11.5 Å². The van der Waals surface area contributed by atoms with E-state index in [1.54, 1.807) is 6.07 Å². The maximum atomic E-state index is 13.0. The number of carbonyl (C=O) groups excluding carboxylic acids is 1. The smallest absolute Gasteiger partial charge is 0.243 e. The van der Waals surface area contributed by atoms with E-state index in [4.69, 9.17) is 9.47 Å². The zero-order valence-electron chi connectivity index (χ0n) is 17.0. The quantitative estimate of drug-likeness (QED) is 0.788. The monoisotopic (exact) mass is 430 g/mol. The zero-order chi connectivity index (χ0) is 21.1. The van der Waals surface area contributed by atoms with Gasteiger partial charge in [-0.25, -0.2) is 8.42 Å². The van der Waals surface area contributed by atoms with Crippen molar-refractivity contribution in [1.29, 1.82) is 0 Å². The van der Waals surface area contributed by atoms with Crippen LogP contribution in [0.25, 0.3) is 0 Å². The first-order valence-corrected chi connectivity index (χ1v) is 11.6. The molecular weight excluding hydrogens is 404 g/mol. The first-order valence-electron chi connectivity index (χ1n) is 10.2. The first-order chi connectivity index (χ1) is 14.4. The highest BCUT2D eigenvalue weighted by atomic mass is 32.2. The van der Waals surface area contributed by atoms with Crippen LogP contribution in [0, 0.1) is 0 Å². The Morgan fingerprint density at radius 2 is 1.87 bits per heavy atom. The number of aryl methyl sites for hydroxylation is 1. The van der Waals surface area contributed by atoms with Crippen LogP contribution in [0.2, 0.25) is 0 Å². The molecule has 160 valence electrons. The van der Waals surface area contributed by atoms with Crippen molar-refractivity contribution in [1.82, 2.24) is 9.62 Å². The number of carbonyl (C=O) groups is 1. The lowest BCUT2D eigenvalue weighted by molar-refractivity contribution is -0.122. The number of sulfonamides is 1. The molecule has 1 heterocycles. The van der Waals surface area contributed by atoms with Gasteiger partial charge in [0.15, 0.2) is 11.5 Å². The number of likely N-dealkylation sites (N-methyl/N-ethyl adjacent to an activating group) is 1. The minimum Gasteiger partial charge on any atom is -0.490 e. The number of hydrogen-bond donors (Lipinski definition) is 1. The molecule has 0 unspecified atom stereocenters. The molecule has 1 amide bonds. The van der Waals surface area contributed by atoms with Gasteiger partial charge in [0.05, 0.1) is 30.7 Å². The summed E-state index contributed by atoms with van der Waals surface area (Å²) in [6.45, 7) is 0.747. The van der Waals surface area contributed by atoms with Gasteiger partial charge in [-0.1, -0.05) is 24.3 Å². The third-order valence-corrected chi connectivity index (χ3v) is 7.30. The number of nitrogens with one attached hydrogen (secondary N) is 1. The summed E-state index contributed by atoms with van der Waals surface area (Å²) < 4.78 is 38.2. The summed E-state index contributed by atoms with van der Waals surface area (Å²) in [5.74, 6) is 0.616. The lowest BCUT2D eigenvalue weighted by Gasteiger charge is -2.27. The predicted molar refractivity (Wildman–Crippen MR) is 112 cm³/mol. The Morgan fingerprint density at radius 3 is 2.70 bits per heavy atom. The van der Waals surface area contributed by atoms with Crippen LogP contribution in [0.4, 0.5) is 0 Å². The lowest BCUT2D eigenvalue weighted by atomic mass is 9.88. The van der Waals surface area contributed by atoms with Gasteiger partial charge in [0.2, 0.25) is 15.9 Å². The van der Waals surface area contributed by atoms with Crippen molar-refractivity contribution in [3.63, 3.8) is 0 Å². The molecule has 0 spiro atoms. The molecule has 7 nitrogen and oxygen atoms in total. The highest BCUT2D eigenvalue weighted by Crippen LogP contribution is 2.33. The summed E-state index contributed by atoms with van der Waals surface area (Å²) in [5, 5.41) is 3.00. The van der Waals surface area contributed by atoms with Crippen LogP contribution in [0.3, 0.4) is 0 Å². The van der Waals surface area contributed by atoms with Crippen LogP contribution in [0.1, 0.15) is 36.4 Å². The van der Waals surface area contributed by atoms with E-state index in [2.05, 4.69) is 11.4 Å². The molecule has 2 aromatic carbocycles. The SMILES string of the molecule is CN(CC(=O)N[C@H]1CCCc2ccccc21)S(=O)(=O)c1ccc2c(c1)OCCCO2. The summed E-state index contributed by atoms with van der Waals surface area (Å²) in [6, 6.07) is 12.5. The third kappa shape index (κ3) is 4.29. The van der Waals surface area contributed by atoms with E-state index >= 15 is 0 Å². The fourth-order valence-corrected chi connectivity index (χ4v) is 5.06. The van der Waals surface area contributed by atoms with Gasteiger partial charge < -0.3 is 14.8 Å². The molecule has 0 bridgehead atoms. The third-order valence-electron chi connectivity index (χ3n) is 5.50. The van der Waals surface area contributed by atoms with Crippen LogP contribution in [0.5, 0.6) is 11.5 Å². The summed E-state index contributed by atoms with van der Waals surface area (Å²) in [7, 11) is -2.43. The largest absolute Gasteiger partial charge is 0.490 e. The second-order valence-electron chi connectivity index (χ2n) is 7.63. The Morgan fingerprint density at radius 1 is 1.10 bits per heavy atom. The second kappa shape index (κ2) is 8.65. The van der Waals surface area contributed by atoms with Gasteiger partial charge in [-0.15, -0.1) is 0 Å². The second-order valence-corrected chi connectivity index (χ2v) is 9.68. The maximum absolute atomic E-state index is 13.0. The van der Waals surface area contributed by atoms with Gasteiger partial charge in [-0.3, -0.25) is 4.79 Å². The van der Waals surface area contributed by atoms with E-state index in [1.807, 2.05) is 18.2 Å². The molecule has 2 aliphatic rings. The number of ether oxygens (including phenoxy) is 2. The van der Waals surface area contributed by atoms with Crippen LogP contribution >= 0.6 is 0 Å². The van der Waals surface area contributed by atoms with Gasteiger partial charge in [0.25, 0.3) is 0 Å². The molecule has 8 heteroatoms. The molecule has 0 fully saturated rings. The molecule has 30 heavy (non-hydrogen) atoms. The highest BCUT2D eigenvalue weighted by molar-refractivity contribution is 7.89. The van der Waals surface area contributed by atoms with Crippen molar-refractivity contribution >= 4 is 15.9 Å². The van der Waals surface area contributed by atoms with Gasteiger partial charge in [0, 0.05) is 19.5 Å². The number of rotatable bonds is 5. The van der Waals surface area contributed by atoms with Crippen molar-refractivity contribution in [3.05, 3.63) is 53.6 Å². The van der Waals surface area contributed by atoms with E-state index in [1.165, 1.54) is 24.7 Å². The molecule has 0 aromatic heterocycles. The van der Waals surface area contributed by atoms with Crippen molar-refractivity contribution in [2.75, 3.05) is 26.8 Å². The molecule has 0 saturated heterocycles. The van der Waals surface area contributed by atoms with E-state index < -0.39 is 10.0 Å². The molecule has 0 radical (unpaired) electrons. The number of hydrogen-bond acceptors (Lipinski definition) is 5. The standard InChI is InChI=1S/C22H26N2O5S/c1-24(15-22(25)23-19-9-4-7-16-6-2-3-8-18(16)19)30(26,27)17-10-11-20-21(14-17)29-13-5-12-28-20/h2-3,6,8,10-11,14,19H,4-5,7,9,12-13,15H2,1H3,(H,23,25)/t19-/m0/s1. The molecule has 4 rings (SSSR count). The fourth-order valence-electron chi connectivity index (χ4n) is 3.92. The van der Waals surface area contributed by atoms with Gasteiger partial charge >= 0.3 is 0 Å². The number of benzene rings is 2. The van der Waals surface area contributed by atoms with Crippen LogP contribution < -0.4 is 14.8 Å². The number of amides is 1.